The maximum atomic E-state index is 12.2. The summed E-state index contributed by atoms with van der Waals surface area (Å²) in [5.41, 5.74) is 0.891. The van der Waals surface area contributed by atoms with Gasteiger partial charge in [-0.05, 0) is 24.2 Å². The molecule has 19 heavy (non-hydrogen) atoms. The Morgan fingerprint density at radius 3 is 2.53 bits per heavy atom. The number of hydrazine groups is 1. The molecule has 108 valence electrons. The van der Waals surface area contributed by atoms with Crippen LogP contribution in [0.3, 0.4) is 0 Å². The summed E-state index contributed by atoms with van der Waals surface area (Å²) in [5.74, 6) is 0.328. The Morgan fingerprint density at radius 1 is 1.32 bits per heavy atom. The third-order valence-corrected chi connectivity index (χ3v) is 3.90. The van der Waals surface area contributed by atoms with E-state index in [0.29, 0.717) is 12.3 Å². The number of hydrogen-bond acceptors (Lipinski definition) is 5. The first-order chi connectivity index (χ1) is 8.90. The van der Waals surface area contributed by atoms with Crippen LogP contribution in [0.4, 0.5) is 0 Å². The molecule has 0 amide bonds. The van der Waals surface area contributed by atoms with Gasteiger partial charge in [-0.1, -0.05) is 13.0 Å². The van der Waals surface area contributed by atoms with Crippen LogP contribution < -0.4 is 14.9 Å². The van der Waals surface area contributed by atoms with Gasteiger partial charge in [-0.2, -0.15) is 0 Å². The third-order valence-electron chi connectivity index (χ3n) is 2.40. The zero-order chi connectivity index (χ0) is 14.5. The molecule has 1 aromatic carbocycles. The van der Waals surface area contributed by atoms with Gasteiger partial charge in [0.25, 0.3) is 10.0 Å². The Balaban J connectivity index is 3.15. The van der Waals surface area contributed by atoms with Gasteiger partial charge >= 0.3 is 0 Å². The second kappa shape index (κ2) is 6.85. The molecule has 0 aliphatic heterocycles. The van der Waals surface area contributed by atoms with E-state index >= 15 is 0 Å². The first-order valence-electron chi connectivity index (χ1n) is 5.98. The average molecular weight is 287 g/mol. The predicted octanol–water partition coefficient (Wildman–Crippen LogP) is 0.560. The van der Waals surface area contributed by atoms with Crippen molar-refractivity contribution in [2.24, 2.45) is 0 Å². The number of nitrogens with one attached hydrogen (secondary N) is 2. The molecule has 2 N–H and O–H groups in total. The lowest BCUT2D eigenvalue weighted by Gasteiger charge is -2.15. The summed E-state index contributed by atoms with van der Waals surface area (Å²) in [6.07, 6.45) is 0. The molecule has 0 bridgehead atoms. The largest absolute Gasteiger partial charge is 0.495 e. The smallest absolute Gasteiger partial charge is 0.257 e. The molecule has 0 aliphatic rings. The molecule has 0 aliphatic carbocycles. The van der Waals surface area contributed by atoms with Gasteiger partial charge in [-0.3, -0.25) is 0 Å². The van der Waals surface area contributed by atoms with Crippen LogP contribution in [0.25, 0.3) is 0 Å². The summed E-state index contributed by atoms with van der Waals surface area (Å²) >= 11 is 0. The minimum atomic E-state index is -3.63. The van der Waals surface area contributed by atoms with Crippen LogP contribution in [0.1, 0.15) is 12.5 Å². The van der Waals surface area contributed by atoms with E-state index in [0.717, 1.165) is 12.1 Å². The topological polar surface area (TPSA) is 70.7 Å². The molecule has 0 fully saturated rings. The molecule has 0 saturated heterocycles. The fraction of sp³-hybridized carbons (Fsp3) is 0.500. The van der Waals surface area contributed by atoms with E-state index in [1.165, 1.54) is 12.1 Å². The molecule has 0 atom stereocenters. The summed E-state index contributed by atoms with van der Waals surface area (Å²) in [4.78, 5) is 2.54. The molecule has 1 aromatic rings. The lowest BCUT2D eigenvalue weighted by molar-refractivity contribution is 0.360. The third kappa shape index (κ3) is 4.46. The van der Waals surface area contributed by atoms with Crippen molar-refractivity contribution in [3.05, 3.63) is 23.8 Å². The van der Waals surface area contributed by atoms with E-state index in [2.05, 4.69) is 10.1 Å². The highest BCUT2D eigenvalue weighted by atomic mass is 32.2. The summed E-state index contributed by atoms with van der Waals surface area (Å²) in [6, 6.07) is 5.13. The zero-order valence-electron chi connectivity index (χ0n) is 11.7. The normalized spacial score (nSPS) is 11.8. The van der Waals surface area contributed by atoms with Crippen LogP contribution in [0.2, 0.25) is 0 Å². The predicted molar refractivity (Wildman–Crippen MR) is 74.4 cm³/mol. The van der Waals surface area contributed by atoms with Gasteiger partial charge in [-0.25, -0.2) is 13.4 Å². The maximum Gasteiger partial charge on any atom is 0.257 e. The lowest BCUT2D eigenvalue weighted by Crippen LogP contribution is -2.36. The van der Waals surface area contributed by atoms with Crippen molar-refractivity contribution in [1.82, 2.24) is 15.2 Å². The molecule has 7 heteroatoms. The number of methoxy groups -OCH3 is 1. The van der Waals surface area contributed by atoms with E-state index < -0.39 is 10.0 Å². The number of hydrogen-bond donors (Lipinski definition) is 2. The quantitative estimate of drug-likeness (QED) is 0.717. The lowest BCUT2D eigenvalue weighted by atomic mass is 10.2. The fourth-order valence-corrected chi connectivity index (χ4v) is 2.90. The molecule has 0 radical (unpaired) electrons. The summed E-state index contributed by atoms with van der Waals surface area (Å²) in [6.45, 7) is 3.43. The second-order valence-electron chi connectivity index (χ2n) is 4.25. The van der Waals surface area contributed by atoms with Crippen LogP contribution in [0.5, 0.6) is 5.75 Å². The molecule has 1 rings (SSSR count). The number of sulfonamides is 1. The van der Waals surface area contributed by atoms with E-state index in [4.69, 9.17) is 4.74 Å². The molecular formula is C12H21N3O3S. The highest BCUT2D eigenvalue weighted by Crippen LogP contribution is 2.24. The highest BCUT2D eigenvalue weighted by molar-refractivity contribution is 7.89. The van der Waals surface area contributed by atoms with Crippen molar-refractivity contribution in [2.45, 2.75) is 18.4 Å². The van der Waals surface area contributed by atoms with Crippen LogP contribution in [0, 0.1) is 0 Å². The maximum absolute atomic E-state index is 12.2. The number of rotatable bonds is 7. The molecule has 6 nitrogen and oxygen atoms in total. The number of ether oxygens (including phenoxy) is 1. The standard InChI is InChI=1S/C12H21N3O3S/c1-5-13-9-10-6-7-11(18-4)12(8-10)19(16,17)14-15(2)3/h6-8,13-14H,5,9H2,1-4H3. The number of benzene rings is 1. The van der Waals surface area contributed by atoms with E-state index in [-0.39, 0.29) is 4.90 Å². The van der Waals surface area contributed by atoms with Gasteiger partial charge in [0.15, 0.2) is 0 Å². The first kappa shape index (κ1) is 15.9. The van der Waals surface area contributed by atoms with Gasteiger partial charge in [-0.15, -0.1) is 4.83 Å². The van der Waals surface area contributed by atoms with Gasteiger partial charge in [0.2, 0.25) is 0 Å². The zero-order valence-corrected chi connectivity index (χ0v) is 12.5. The van der Waals surface area contributed by atoms with E-state index in [1.807, 2.05) is 13.0 Å². The molecule has 0 heterocycles. The second-order valence-corrected chi connectivity index (χ2v) is 5.88. The summed E-state index contributed by atoms with van der Waals surface area (Å²) in [7, 11) is 1.06. The molecule has 0 unspecified atom stereocenters. The number of nitrogens with zero attached hydrogens (tertiary/aromatic N) is 1. The molecule has 0 spiro atoms. The monoisotopic (exact) mass is 287 g/mol. The Morgan fingerprint density at radius 2 is 2.00 bits per heavy atom. The van der Waals surface area contributed by atoms with Crippen LogP contribution in [-0.2, 0) is 16.6 Å². The molecule has 0 aromatic heterocycles. The van der Waals surface area contributed by atoms with E-state index in [1.54, 1.807) is 26.2 Å². The Labute approximate surface area is 114 Å². The van der Waals surface area contributed by atoms with Crippen LogP contribution in [-0.4, -0.2) is 41.2 Å². The Hall–Kier alpha value is -1.15. The van der Waals surface area contributed by atoms with Crippen molar-refractivity contribution in [1.29, 1.82) is 0 Å². The van der Waals surface area contributed by atoms with Gasteiger partial charge in [0.1, 0.15) is 10.6 Å². The van der Waals surface area contributed by atoms with Crippen LogP contribution >= 0.6 is 0 Å². The Bertz CT molecular complexity index is 515. The van der Waals surface area contributed by atoms with Crippen LogP contribution in [0.15, 0.2) is 23.1 Å². The summed E-state index contributed by atoms with van der Waals surface area (Å²) in [5, 5.41) is 4.54. The first-order valence-corrected chi connectivity index (χ1v) is 7.46. The minimum Gasteiger partial charge on any atom is -0.495 e. The van der Waals surface area contributed by atoms with Crippen molar-refractivity contribution >= 4 is 10.0 Å². The van der Waals surface area contributed by atoms with Gasteiger partial charge < -0.3 is 10.1 Å². The van der Waals surface area contributed by atoms with Crippen molar-refractivity contribution in [2.75, 3.05) is 27.7 Å². The van der Waals surface area contributed by atoms with Crippen molar-refractivity contribution in [3.63, 3.8) is 0 Å². The van der Waals surface area contributed by atoms with E-state index in [9.17, 15) is 8.42 Å². The summed E-state index contributed by atoms with van der Waals surface area (Å²) < 4.78 is 29.5. The molecule has 0 saturated carbocycles. The minimum absolute atomic E-state index is 0.138. The van der Waals surface area contributed by atoms with Crippen molar-refractivity contribution in [3.8, 4) is 5.75 Å². The van der Waals surface area contributed by atoms with Gasteiger partial charge in [0.05, 0.1) is 7.11 Å². The fourth-order valence-electron chi connectivity index (χ4n) is 1.60. The van der Waals surface area contributed by atoms with Gasteiger partial charge in [0, 0.05) is 20.6 Å². The SMILES string of the molecule is CCNCc1ccc(OC)c(S(=O)(=O)NN(C)C)c1. The van der Waals surface area contributed by atoms with Crippen molar-refractivity contribution < 1.29 is 13.2 Å². The highest BCUT2D eigenvalue weighted by Gasteiger charge is 2.20. The molecular weight excluding hydrogens is 266 g/mol. The average Bonchev–Trinajstić information content (AvgIpc) is 2.34. The Kier molecular flexibility index (Phi) is 5.74.